The lowest BCUT2D eigenvalue weighted by molar-refractivity contribution is 0.0311. The van der Waals surface area contributed by atoms with Crippen LogP contribution < -0.4 is 5.32 Å². The molecule has 0 bridgehead atoms. The quantitative estimate of drug-likeness (QED) is 0.733. The smallest absolute Gasteiger partial charge is 0.256 e. The molecular formula is C18H16FN5O3. The molecule has 138 valence electrons. The molecule has 1 aliphatic heterocycles. The van der Waals surface area contributed by atoms with Gasteiger partial charge in [-0.25, -0.2) is 19.3 Å². The van der Waals surface area contributed by atoms with Crippen molar-refractivity contribution in [1.29, 1.82) is 0 Å². The second kappa shape index (κ2) is 6.67. The Balaban J connectivity index is 1.66. The highest BCUT2D eigenvalue weighted by molar-refractivity contribution is 6.06. The maximum absolute atomic E-state index is 14.4. The number of amides is 1. The van der Waals surface area contributed by atoms with Crippen LogP contribution in [0.5, 0.6) is 0 Å². The first-order valence-corrected chi connectivity index (χ1v) is 8.36. The zero-order chi connectivity index (χ0) is 19.0. The van der Waals surface area contributed by atoms with Gasteiger partial charge in [-0.15, -0.1) is 0 Å². The number of rotatable bonds is 4. The van der Waals surface area contributed by atoms with Crippen LogP contribution in [0.1, 0.15) is 29.9 Å². The summed E-state index contributed by atoms with van der Waals surface area (Å²) in [7, 11) is 0. The fourth-order valence-electron chi connectivity index (χ4n) is 2.92. The number of hydrogen-bond donors (Lipinski definition) is 2. The van der Waals surface area contributed by atoms with E-state index >= 15 is 0 Å². The van der Waals surface area contributed by atoms with Crippen LogP contribution in [0, 0.1) is 0 Å². The van der Waals surface area contributed by atoms with Gasteiger partial charge < -0.3 is 15.2 Å². The molecule has 2 aromatic heterocycles. The maximum Gasteiger partial charge on any atom is 0.256 e. The van der Waals surface area contributed by atoms with Gasteiger partial charge in [-0.3, -0.25) is 9.36 Å². The van der Waals surface area contributed by atoms with Crippen molar-refractivity contribution >= 4 is 22.9 Å². The number of anilines is 1. The number of imidazole rings is 1. The topological polar surface area (TPSA) is 102 Å². The molecule has 27 heavy (non-hydrogen) atoms. The molecule has 3 heterocycles. The van der Waals surface area contributed by atoms with Crippen LogP contribution in [-0.4, -0.2) is 36.7 Å². The number of aromatic nitrogens is 4. The Morgan fingerprint density at radius 1 is 1.30 bits per heavy atom. The highest BCUT2D eigenvalue weighted by atomic mass is 19.1. The lowest BCUT2D eigenvalue weighted by atomic mass is 10.2. The number of aliphatic hydroxyl groups is 1. The number of halogens is 1. The number of hydrogen-bond acceptors (Lipinski definition) is 6. The van der Waals surface area contributed by atoms with Crippen LogP contribution in [0.3, 0.4) is 0 Å². The predicted octanol–water partition coefficient (Wildman–Crippen LogP) is 3.13. The third kappa shape index (κ3) is 2.86. The number of nitrogens with one attached hydrogen (secondary N) is 1. The zero-order valence-electron chi connectivity index (χ0n) is 14.3. The van der Waals surface area contributed by atoms with E-state index < -0.39 is 18.2 Å². The molecule has 1 aromatic carbocycles. The average molecular weight is 369 g/mol. The first kappa shape index (κ1) is 17.0. The van der Waals surface area contributed by atoms with Crippen LogP contribution in [0.15, 0.2) is 54.5 Å². The lowest BCUT2D eigenvalue weighted by Crippen LogP contribution is -2.19. The SMILES string of the molecule is CCC1=C(O)C(F)[C@H](n2cnc3c(NC(=O)c4ccccc4)ncnc32)O1. The van der Waals surface area contributed by atoms with Crippen molar-refractivity contribution in [1.82, 2.24) is 19.5 Å². The van der Waals surface area contributed by atoms with Crippen molar-refractivity contribution in [3.63, 3.8) is 0 Å². The minimum Gasteiger partial charge on any atom is -0.506 e. The first-order valence-electron chi connectivity index (χ1n) is 8.36. The van der Waals surface area contributed by atoms with E-state index in [2.05, 4.69) is 20.3 Å². The molecule has 0 spiro atoms. The minimum absolute atomic E-state index is 0.195. The number of ether oxygens (including phenoxy) is 1. The number of nitrogens with zero attached hydrogens (tertiary/aromatic N) is 4. The summed E-state index contributed by atoms with van der Waals surface area (Å²) in [5.41, 5.74) is 1.04. The number of fused-ring (bicyclic) bond motifs is 1. The predicted molar refractivity (Wildman–Crippen MR) is 94.7 cm³/mol. The summed E-state index contributed by atoms with van der Waals surface area (Å²) in [5, 5.41) is 12.5. The van der Waals surface area contributed by atoms with Gasteiger partial charge in [0.2, 0.25) is 12.4 Å². The molecule has 9 heteroatoms. The van der Waals surface area contributed by atoms with E-state index in [0.29, 0.717) is 17.5 Å². The standard InChI is InChI=1S/C18H16FN5O3/c1-2-11-14(25)12(19)18(27-11)24-9-22-13-15(20-8-21-16(13)24)23-17(26)10-6-4-3-5-7-10/h3-9,12,18,25H,2H2,1H3,(H,20,21,23,26)/t12?,18-/m1/s1. The highest BCUT2D eigenvalue weighted by Gasteiger charge is 2.39. The number of benzene rings is 1. The van der Waals surface area contributed by atoms with E-state index in [1.165, 1.54) is 17.2 Å². The molecule has 0 radical (unpaired) electrons. The molecule has 0 saturated heterocycles. The molecule has 1 aliphatic rings. The lowest BCUT2D eigenvalue weighted by Gasteiger charge is -2.16. The van der Waals surface area contributed by atoms with Gasteiger partial charge in [0.1, 0.15) is 18.4 Å². The van der Waals surface area contributed by atoms with Gasteiger partial charge in [-0.1, -0.05) is 25.1 Å². The van der Waals surface area contributed by atoms with Gasteiger partial charge in [0, 0.05) is 12.0 Å². The van der Waals surface area contributed by atoms with E-state index in [1.807, 2.05) is 6.07 Å². The summed E-state index contributed by atoms with van der Waals surface area (Å²) in [4.78, 5) is 24.8. The Morgan fingerprint density at radius 3 is 2.78 bits per heavy atom. The van der Waals surface area contributed by atoms with Gasteiger partial charge in [0.25, 0.3) is 5.91 Å². The zero-order valence-corrected chi connectivity index (χ0v) is 14.3. The Morgan fingerprint density at radius 2 is 2.07 bits per heavy atom. The van der Waals surface area contributed by atoms with Gasteiger partial charge in [0.15, 0.2) is 22.7 Å². The van der Waals surface area contributed by atoms with Gasteiger partial charge >= 0.3 is 0 Å². The second-order valence-electron chi connectivity index (χ2n) is 5.94. The molecular weight excluding hydrogens is 353 g/mol. The molecule has 4 rings (SSSR count). The third-order valence-corrected chi connectivity index (χ3v) is 4.28. The Kier molecular flexibility index (Phi) is 4.19. The largest absolute Gasteiger partial charge is 0.506 e. The fourth-order valence-corrected chi connectivity index (χ4v) is 2.92. The van der Waals surface area contributed by atoms with Crippen LogP contribution in [0.2, 0.25) is 0 Å². The van der Waals surface area contributed by atoms with E-state index in [1.54, 1.807) is 31.2 Å². The fraction of sp³-hybridized carbons (Fsp3) is 0.222. The second-order valence-corrected chi connectivity index (χ2v) is 5.94. The highest BCUT2D eigenvalue weighted by Crippen LogP contribution is 2.36. The van der Waals surface area contributed by atoms with Crippen LogP contribution in [-0.2, 0) is 4.74 Å². The molecule has 1 unspecified atom stereocenters. The van der Waals surface area contributed by atoms with Crippen LogP contribution in [0.4, 0.5) is 10.2 Å². The Hall–Kier alpha value is -3.49. The van der Waals surface area contributed by atoms with E-state index in [0.717, 1.165) is 0 Å². The summed E-state index contributed by atoms with van der Waals surface area (Å²) in [5.74, 6) is -0.371. The molecule has 1 amide bonds. The average Bonchev–Trinajstić information content (AvgIpc) is 3.25. The number of aliphatic hydroxyl groups excluding tert-OH is 1. The monoisotopic (exact) mass is 369 g/mol. The molecule has 8 nitrogen and oxygen atoms in total. The van der Waals surface area contributed by atoms with Gasteiger partial charge in [-0.2, -0.15) is 0 Å². The van der Waals surface area contributed by atoms with Crippen molar-refractivity contribution in [2.45, 2.75) is 25.7 Å². The number of carbonyl (C=O) groups excluding carboxylic acids is 1. The van der Waals surface area contributed by atoms with Crippen molar-refractivity contribution in [2.24, 2.45) is 0 Å². The summed E-state index contributed by atoms with van der Waals surface area (Å²) in [6.07, 6.45) is 0.118. The van der Waals surface area contributed by atoms with E-state index in [9.17, 15) is 14.3 Å². The van der Waals surface area contributed by atoms with Crippen molar-refractivity contribution in [3.05, 3.63) is 60.1 Å². The van der Waals surface area contributed by atoms with E-state index in [-0.39, 0.29) is 23.1 Å². The number of alkyl halides is 1. The number of carbonyl (C=O) groups is 1. The summed E-state index contributed by atoms with van der Waals surface area (Å²) in [6, 6.07) is 8.66. The number of allylic oxidation sites excluding steroid dienone is 1. The molecule has 2 N–H and O–H groups in total. The summed E-state index contributed by atoms with van der Waals surface area (Å²) >= 11 is 0. The van der Waals surface area contributed by atoms with Crippen LogP contribution in [0.25, 0.3) is 11.2 Å². The minimum atomic E-state index is -1.73. The molecule has 3 aromatic rings. The Labute approximate surface area is 153 Å². The van der Waals surface area contributed by atoms with Gasteiger partial charge in [0.05, 0.1) is 0 Å². The normalized spacial score (nSPS) is 19.3. The molecule has 2 atom stereocenters. The Bertz CT molecular complexity index is 1030. The summed E-state index contributed by atoms with van der Waals surface area (Å²) < 4.78 is 21.3. The summed E-state index contributed by atoms with van der Waals surface area (Å²) in [6.45, 7) is 1.76. The molecule has 0 aliphatic carbocycles. The molecule has 0 saturated carbocycles. The maximum atomic E-state index is 14.4. The van der Waals surface area contributed by atoms with E-state index in [4.69, 9.17) is 4.74 Å². The first-order chi connectivity index (χ1) is 13.1. The van der Waals surface area contributed by atoms with Gasteiger partial charge in [-0.05, 0) is 12.1 Å². The van der Waals surface area contributed by atoms with Crippen LogP contribution >= 0.6 is 0 Å². The van der Waals surface area contributed by atoms with Crippen molar-refractivity contribution in [2.75, 3.05) is 5.32 Å². The van der Waals surface area contributed by atoms with Crippen molar-refractivity contribution < 1.29 is 19.0 Å². The van der Waals surface area contributed by atoms with Crippen molar-refractivity contribution in [3.8, 4) is 0 Å². The molecule has 0 fully saturated rings. The third-order valence-electron chi connectivity index (χ3n) is 4.28.